The summed E-state index contributed by atoms with van der Waals surface area (Å²) in [7, 11) is -4.60. The Morgan fingerprint density at radius 2 is 0.980 bits per heavy atom. The predicted molar refractivity (Wildman–Crippen MR) is 196 cm³/mol. The summed E-state index contributed by atoms with van der Waals surface area (Å²) in [6.07, 6.45) is 23.6. The number of unbranched alkanes of at least 4 members (excludes halogenated alkanes) is 16. The van der Waals surface area contributed by atoms with Gasteiger partial charge in [-0.3, -0.25) is 18.6 Å². The fraction of sp³-hybridized carbons (Fsp3) is 0.947. The molecule has 11 heteroatoms. The number of hydrogen-bond acceptors (Lipinski definition) is 9. The molecule has 0 aliphatic rings. The number of aliphatic hydroxyl groups is 2. The normalized spacial score (nSPS) is 15.3. The van der Waals surface area contributed by atoms with Crippen LogP contribution in [0.25, 0.3) is 0 Å². The summed E-state index contributed by atoms with van der Waals surface area (Å²) < 4.78 is 32.6. The van der Waals surface area contributed by atoms with Crippen molar-refractivity contribution in [1.29, 1.82) is 0 Å². The second-order valence-electron chi connectivity index (χ2n) is 14.2. The molecule has 0 fully saturated rings. The molecule has 3 unspecified atom stereocenters. The Morgan fingerprint density at radius 3 is 1.41 bits per heavy atom. The van der Waals surface area contributed by atoms with Gasteiger partial charge in [0, 0.05) is 12.8 Å². The van der Waals surface area contributed by atoms with Gasteiger partial charge in [-0.15, -0.1) is 0 Å². The Kier molecular flexibility index (Phi) is 32.2. The third-order valence-corrected chi connectivity index (χ3v) is 10.3. The molecule has 0 aliphatic heterocycles. The van der Waals surface area contributed by atoms with Crippen molar-refractivity contribution in [2.45, 2.75) is 194 Å². The Morgan fingerprint density at radius 1 is 0.592 bits per heavy atom. The van der Waals surface area contributed by atoms with Gasteiger partial charge in [0.2, 0.25) is 0 Å². The highest BCUT2D eigenvalue weighted by molar-refractivity contribution is 7.47. The molecule has 0 rings (SSSR count). The highest BCUT2D eigenvalue weighted by Gasteiger charge is 2.27. The van der Waals surface area contributed by atoms with Crippen molar-refractivity contribution < 1.29 is 47.8 Å². The second kappa shape index (κ2) is 32.8. The molecular formula is C38H75O10P. The number of aliphatic hydroxyl groups excluding tert-OH is 2. The van der Waals surface area contributed by atoms with Crippen LogP contribution in [0.5, 0.6) is 0 Å². The van der Waals surface area contributed by atoms with Crippen LogP contribution in [-0.4, -0.2) is 65.7 Å². The Hall–Kier alpha value is -1.03. The molecule has 0 aliphatic carbocycles. The average molecular weight is 723 g/mol. The van der Waals surface area contributed by atoms with E-state index < -0.39 is 51.8 Å². The van der Waals surface area contributed by atoms with Crippen molar-refractivity contribution in [3.63, 3.8) is 0 Å². The fourth-order valence-corrected chi connectivity index (χ4v) is 6.26. The number of rotatable bonds is 36. The minimum Gasteiger partial charge on any atom is -0.462 e. The van der Waals surface area contributed by atoms with Crippen molar-refractivity contribution in [1.82, 2.24) is 0 Å². The first kappa shape index (κ1) is 48.0. The number of hydrogen-bond donors (Lipinski definition) is 3. The zero-order valence-electron chi connectivity index (χ0n) is 31.8. The molecule has 0 radical (unpaired) electrons. The van der Waals surface area contributed by atoms with Crippen LogP contribution in [0.4, 0.5) is 0 Å². The highest BCUT2D eigenvalue weighted by atomic mass is 31.2. The number of phosphoric ester groups is 1. The third kappa shape index (κ3) is 32.6. The topological polar surface area (TPSA) is 149 Å². The molecule has 10 nitrogen and oxygen atoms in total. The first-order valence-corrected chi connectivity index (χ1v) is 21.3. The van der Waals surface area contributed by atoms with Gasteiger partial charge >= 0.3 is 19.8 Å². The number of ether oxygens (including phenoxy) is 2. The van der Waals surface area contributed by atoms with E-state index in [1.54, 1.807) is 0 Å². The zero-order valence-corrected chi connectivity index (χ0v) is 32.6. The highest BCUT2D eigenvalue weighted by Crippen LogP contribution is 2.43. The summed E-state index contributed by atoms with van der Waals surface area (Å²) in [6, 6.07) is 0. The molecule has 0 spiro atoms. The summed E-state index contributed by atoms with van der Waals surface area (Å²) >= 11 is 0. The summed E-state index contributed by atoms with van der Waals surface area (Å²) in [5, 5.41) is 18.3. The largest absolute Gasteiger partial charge is 0.472 e. The SMILES string of the molecule is CCC(C)CCCCCCCCCCCCC(=O)OC[C@H](COP(=O)(O)OC[C@@H](O)CO)OC(=O)CCCCCCCCCCC(C)CC. The van der Waals surface area contributed by atoms with Gasteiger partial charge in [0.05, 0.1) is 19.8 Å². The Labute approximate surface area is 299 Å². The zero-order chi connectivity index (χ0) is 36.6. The Balaban J connectivity index is 4.35. The van der Waals surface area contributed by atoms with Gasteiger partial charge in [0.15, 0.2) is 6.10 Å². The maximum Gasteiger partial charge on any atom is 0.472 e. The van der Waals surface area contributed by atoms with E-state index in [1.807, 2.05) is 0 Å². The van der Waals surface area contributed by atoms with E-state index in [0.29, 0.717) is 12.8 Å². The molecule has 5 atom stereocenters. The van der Waals surface area contributed by atoms with Gasteiger partial charge in [0.1, 0.15) is 12.7 Å². The minimum absolute atomic E-state index is 0.188. The molecule has 0 saturated heterocycles. The maximum absolute atomic E-state index is 12.5. The van der Waals surface area contributed by atoms with E-state index in [4.69, 9.17) is 19.1 Å². The number of phosphoric acid groups is 1. The number of carbonyl (C=O) groups is 2. The lowest BCUT2D eigenvalue weighted by atomic mass is 9.99. The smallest absolute Gasteiger partial charge is 0.462 e. The summed E-state index contributed by atoms with van der Waals surface area (Å²) in [5.41, 5.74) is 0. The maximum atomic E-state index is 12.5. The van der Waals surface area contributed by atoms with Gasteiger partial charge in [-0.25, -0.2) is 4.57 Å². The van der Waals surface area contributed by atoms with Crippen molar-refractivity contribution in [3.05, 3.63) is 0 Å². The van der Waals surface area contributed by atoms with Crippen molar-refractivity contribution in [3.8, 4) is 0 Å². The second-order valence-corrected chi connectivity index (χ2v) is 15.6. The number of carbonyl (C=O) groups excluding carboxylic acids is 2. The molecule has 0 saturated carbocycles. The summed E-state index contributed by atoms with van der Waals surface area (Å²) in [4.78, 5) is 34.8. The van der Waals surface area contributed by atoms with Gasteiger partial charge in [0.25, 0.3) is 0 Å². The molecule has 0 aromatic rings. The van der Waals surface area contributed by atoms with Crippen LogP contribution in [0.3, 0.4) is 0 Å². The van der Waals surface area contributed by atoms with Gasteiger partial charge in [-0.2, -0.15) is 0 Å². The van der Waals surface area contributed by atoms with Crippen molar-refractivity contribution >= 4 is 19.8 Å². The lowest BCUT2D eigenvalue weighted by molar-refractivity contribution is -0.161. The van der Waals surface area contributed by atoms with Crippen LogP contribution >= 0.6 is 7.82 Å². The first-order valence-electron chi connectivity index (χ1n) is 19.8. The number of esters is 2. The molecule has 0 aromatic heterocycles. The Bertz CT molecular complexity index is 826. The van der Waals surface area contributed by atoms with Crippen LogP contribution < -0.4 is 0 Å². The minimum atomic E-state index is -4.60. The molecule has 3 N–H and O–H groups in total. The molecular weight excluding hydrogens is 647 g/mol. The monoisotopic (exact) mass is 723 g/mol. The van der Waals surface area contributed by atoms with Crippen molar-refractivity contribution in [2.75, 3.05) is 26.4 Å². The van der Waals surface area contributed by atoms with E-state index in [-0.39, 0.29) is 19.4 Å². The lowest BCUT2D eigenvalue weighted by Crippen LogP contribution is -2.29. The lowest BCUT2D eigenvalue weighted by Gasteiger charge is -2.20. The molecule has 0 heterocycles. The first-order chi connectivity index (χ1) is 23.5. The summed E-state index contributed by atoms with van der Waals surface area (Å²) in [5.74, 6) is 0.733. The average Bonchev–Trinajstić information content (AvgIpc) is 3.09. The molecule has 0 aromatic carbocycles. The van der Waals surface area contributed by atoms with E-state index in [0.717, 1.165) is 50.4 Å². The van der Waals surface area contributed by atoms with E-state index >= 15 is 0 Å². The van der Waals surface area contributed by atoms with E-state index in [2.05, 4.69) is 32.2 Å². The van der Waals surface area contributed by atoms with Crippen LogP contribution in [0.15, 0.2) is 0 Å². The van der Waals surface area contributed by atoms with Crippen LogP contribution in [-0.2, 0) is 32.7 Å². The van der Waals surface area contributed by atoms with E-state index in [9.17, 15) is 24.2 Å². The van der Waals surface area contributed by atoms with E-state index in [1.165, 1.54) is 89.9 Å². The standard InChI is InChI=1S/C38H75O10P/c1-5-33(3)25-21-17-13-9-7-8-10-15-19-23-27-37(41)45-31-36(32-47-49(43,44)46-30-35(40)29-39)48-38(42)28-24-20-16-12-11-14-18-22-26-34(4)6-2/h33-36,39-40H,5-32H2,1-4H3,(H,43,44)/t33?,34?,35-,36+/m0/s1. The van der Waals surface area contributed by atoms with Gasteiger partial charge < -0.3 is 24.6 Å². The molecule has 0 bridgehead atoms. The van der Waals surface area contributed by atoms with Crippen LogP contribution in [0.2, 0.25) is 0 Å². The van der Waals surface area contributed by atoms with Crippen molar-refractivity contribution in [2.24, 2.45) is 11.8 Å². The van der Waals surface area contributed by atoms with Gasteiger partial charge in [-0.05, 0) is 24.7 Å². The van der Waals surface area contributed by atoms with Crippen LogP contribution in [0, 0.1) is 11.8 Å². The molecule has 49 heavy (non-hydrogen) atoms. The predicted octanol–water partition coefficient (Wildman–Crippen LogP) is 9.60. The third-order valence-electron chi connectivity index (χ3n) is 9.34. The fourth-order valence-electron chi connectivity index (χ4n) is 5.47. The molecule has 292 valence electrons. The van der Waals surface area contributed by atoms with Gasteiger partial charge in [-0.1, -0.05) is 156 Å². The summed E-state index contributed by atoms with van der Waals surface area (Å²) in [6.45, 7) is 7.04. The molecule has 0 amide bonds. The quantitative estimate of drug-likeness (QED) is 0.0324. The van der Waals surface area contributed by atoms with Crippen LogP contribution in [0.1, 0.15) is 182 Å².